The quantitative estimate of drug-likeness (QED) is 0.419. The second-order valence-corrected chi connectivity index (χ2v) is 10.2. The van der Waals surface area contributed by atoms with E-state index in [-0.39, 0.29) is 11.2 Å². The van der Waals surface area contributed by atoms with Crippen LogP contribution in [0.2, 0.25) is 0 Å². The van der Waals surface area contributed by atoms with E-state index in [9.17, 15) is 9.59 Å². The van der Waals surface area contributed by atoms with Gasteiger partial charge in [0.25, 0.3) is 11.5 Å². The Hall–Kier alpha value is -4.05. The van der Waals surface area contributed by atoms with Gasteiger partial charge in [-0.15, -0.1) is 0 Å². The fourth-order valence-electron chi connectivity index (χ4n) is 4.56. The summed E-state index contributed by atoms with van der Waals surface area (Å²) in [5.41, 5.74) is 3.61. The van der Waals surface area contributed by atoms with E-state index >= 15 is 0 Å². The van der Waals surface area contributed by atoms with Crippen LogP contribution >= 0.6 is 0 Å². The Labute approximate surface area is 216 Å². The number of nitrogens with one attached hydrogen (secondary N) is 4. The van der Waals surface area contributed by atoms with Crippen LogP contribution in [0.1, 0.15) is 29.8 Å². The van der Waals surface area contributed by atoms with Crippen LogP contribution in [-0.4, -0.2) is 66.1 Å². The molecule has 1 fully saturated rings. The van der Waals surface area contributed by atoms with Crippen LogP contribution < -0.4 is 31.1 Å². The number of hydrogen-bond donors (Lipinski definition) is 4. The summed E-state index contributed by atoms with van der Waals surface area (Å²) in [6.07, 6.45) is 3.16. The average molecular weight is 504 g/mol. The first-order valence-electron chi connectivity index (χ1n) is 12.5. The van der Waals surface area contributed by atoms with Crippen molar-refractivity contribution in [1.29, 1.82) is 0 Å². The van der Waals surface area contributed by atoms with Crippen molar-refractivity contribution in [2.45, 2.75) is 26.4 Å². The number of benzene rings is 1. The van der Waals surface area contributed by atoms with E-state index in [0.717, 1.165) is 43.1 Å². The number of anilines is 5. The normalized spacial score (nSPS) is 16.8. The first-order chi connectivity index (χ1) is 17.7. The Kier molecular flexibility index (Phi) is 6.51. The number of aromatic amines is 1. The lowest BCUT2D eigenvalue weighted by Crippen LogP contribution is -2.44. The minimum Gasteiger partial charge on any atom is -0.468 e. The maximum absolute atomic E-state index is 13.2. The predicted octanol–water partition coefficient (Wildman–Crippen LogP) is 3.41. The molecule has 2 aliphatic heterocycles. The monoisotopic (exact) mass is 503 g/mol. The highest BCUT2D eigenvalue weighted by Crippen LogP contribution is 2.37. The molecule has 2 aromatic heterocycles. The molecule has 5 rings (SSSR count). The highest BCUT2D eigenvalue weighted by atomic mass is 16.5. The van der Waals surface area contributed by atoms with Crippen LogP contribution in [0.15, 0.2) is 47.5 Å². The summed E-state index contributed by atoms with van der Waals surface area (Å²) < 4.78 is 5.98. The molecule has 1 saturated heterocycles. The molecule has 0 saturated carbocycles. The SMILES string of the molecule is Cc1c(Nc2cc[nH]c(=O)c2C(=O)Nc2ccc(N3CCN(C)CC3)cc2)cnc2c1NCC(C)(C)O2. The molecule has 37 heavy (non-hydrogen) atoms. The average Bonchev–Trinajstić information content (AvgIpc) is 2.86. The lowest BCUT2D eigenvalue weighted by Gasteiger charge is -2.34. The molecule has 10 heteroatoms. The van der Waals surface area contributed by atoms with Crippen molar-refractivity contribution in [3.05, 3.63) is 64.2 Å². The van der Waals surface area contributed by atoms with Gasteiger partial charge in [0.15, 0.2) is 0 Å². The summed E-state index contributed by atoms with van der Waals surface area (Å²) in [7, 11) is 2.12. The van der Waals surface area contributed by atoms with Gasteiger partial charge in [-0.05, 0) is 58.2 Å². The standard InChI is InChI=1S/C27H33N7O3/c1-17-21(15-29-26-23(17)30-16-27(2,3)37-26)32-20-9-10-28-24(35)22(20)25(36)31-18-5-7-19(8-6-18)34-13-11-33(4)12-14-34/h5-10,15,30H,11-14,16H2,1-4H3,(H,31,36)(H2,28,32,35). The van der Waals surface area contributed by atoms with Gasteiger partial charge in [-0.1, -0.05) is 0 Å². The molecule has 0 aliphatic carbocycles. The fourth-order valence-corrected chi connectivity index (χ4v) is 4.56. The smallest absolute Gasteiger partial charge is 0.263 e. The third kappa shape index (κ3) is 5.24. The number of carbonyl (C=O) groups excluding carboxylic acids is 1. The molecule has 0 bridgehead atoms. The van der Waals surface area contributed by atoms with Gasteiger partial charge in [0.05, 0.1) is 24.1 Å². The summed E-state index contributed by atoms with van der Waals surface area (Å²) in [5.74, 6) is 0.0340. The van der Waals surface area contributed by atoms with Crippen LogP contribution in [0, 0.1) is 6.92 Å². The number of piperazine rings is 1. The Morgan fingerprint density at radius 2 is 1.81 bits per heavy atom. The zero-order valence-corrected chi connectivity index (χ0v) is 21.6. The molecule has 0 atom stereocenters. The lowest BCUT2D eigenvalue weighted by atomic mass is 10.1. The number of pyridine rings is 2. The van der Waals surface area contributed by atoms with Crippen LogP contribution in [0.25, 0.3) is 0 Å². The number of likely N-dealkylation sites (N-methyl/N-ethyl adjacent to an activating group) is 1. The number of aromatic nitrogens is 2. The van der Waals surface area contributed by atoms with Crippen LogP contribution in [-0.2, 0) is 0 Å². The second-order valence-electron chi connectivity index (χ2n) is 10.2. The van der Waals surface area contributed by atoms with Crippen molar-refractivity contribution in [2.24, 2.45) is 0 Å². The van der Waals surface area contributed by atoms with Gasteiger partial charge in [-0.3, -0.25) is 9.59 Å². The van der Waals surface area contributed by atoms with E-state index in [2.05, 4.69) is 42.8 Å². The minimum absolute atomic E-state index is 0.00638. The van der Waals surface area contributed by atoms with Crippen molar-refractivity contribution in [3.8, 4) is 5.88 Å². The van der Waals surface area contributed by atoms with Gasteiger partial charge in [-0.25, -0.2) is 4.98 Å². The maximum atomic E-state index is 13.2. The Morgan fingerprint density at radius 1 is 1.08 bits per heavy atom. The Bertz CT molecular complexity index is 1360. The number of amides is 1. The molecule has 4 N–H and O–H groups in total. The molecule has 0 radical (unpaired) electrons. The van der Waals surface area contributed by atoms with Gasteiger partial charge < -0.3 is 35.5 Å². The minimum atomic E-state index is -0.497. The zero-order chi connectivity index (χ0) is 26.2. The van der Waals surface area contributed by atoms with Gasteiger partial charge in [0.2, 0.25) is 5.88 Å². The van der Waals surface area contributed by atoms with Crippen LogP contribution in [0.3, 0.4) is 0 Å². The summed E-state index contributed by atoms with van der Waals surface area (Å²) in [6, 6.07) is 9.38. The molecule has 0 unspecified atom stereocenters. The van der Waals surface area contributed by atoms with Gasteiger partial charge in [0, 0.05) is 49.3 Å². The maximum Gasteiger partial charge on any atom is 0.263 e. The van der Waals surface area contributed by atoms with E-state index in [1.807, 2.05) is 45.0 Å². The second kappa shape index (κ2) is 9.78. The lowest BCUT2D eigenvalue weighted by molar-refractivity contribution is 0.102. The highest BCUT2D eigenvalue weighted by molar-refractivity contribution is 6.08. The number of nitrogens with zero attached hydrogens (tertiary/aromatic N) is 3. The van der Waals surface area contributed by atoms with E-state index < -0.39 is 11.5 Å². The third-order valence-corrected chi connectivity index (χ3v) is 6.82. The van der Waals surface area contributed by atoms with Crippen molar-refractivity contribution in [3.63, 3.8) is 0 Å². The number of ether oxygens (including phenoxy) is 1. The molecular formula is C27H33N7O3. The number of H-pyrrole nitrogens is 1. The topological polar surface area (TPSA) is 115 Å². The van der Waals surface area contributed by atoms with Crippen LogP contribution in [0.4, 0.5) is 28.4 Å². The largest absolute Gasteiger partial charge is 0.468 e. The summed E-state index contributed by atoms with van der Waals surface area (Å²) in [6.45, 7) is 10.5. The van der Waals surface area contributed by atoms with E-state index in [1.54, 1.807) is 12.3 Å². The number of hydrogen-bond acceptors (Lipinski definition) is 8. The Morgan fingerprint density at radius 3 is 2.54 bits per heavy atom. The molecule has 4 heterocycles. The molecular weight excluding hydrogens is 470 g/mol. The number of fused-ring (bicyclic) bond motifs is 1. The molecule has 194 valence electrons. The Balaban J connectivity index is 1.34. The number of rotatable bonds is 5. The summed E-state index contributed by atoms with van der Waals surface area (Å²) in [5, 5.41) is 9.47. The molecule has 0 spiro atoms. The van der Waals surface area contributed by atoms with Gasteiger partial charge in [0.1, 0.15) is 16.9 Å². The van der Waals surface area contributed by atoms with E-state index in [4.69, 9.17) is 4.74 Å². The molecule has 1 amide bonds. The summed E-state index contributed by atoms with van der Waals surface area (Å²) >= 11 is 0. The van der Waals surface area contributed by atoms with Gasteiger partial charge >= 0.3 is 0 Å². The van der Waals surface area contributed by atoms with Crippen molar-refractivity contribution in [1.82, 2.24) is 14.9 Å². The highest BCUT2D eigenvalue weighted by Gasteiger charge is 2.29. The fraction of sp³-hybridized carbons (Fsp3) is 0.370. The van der Waals surface area contributed by atoms with Crippen molar-refractivity contribution < 1.29 is 9.53 Å². The van der Waals surface area contributed by atoms with E-state index in [1.165, 1.54) is 6.20 Å². The van der Waals surface area contributed by atoms with E-state index in [0.29, 0.717) is 29.5 Å². The third-order valence-electron chi connectivity index (χ3n) is 6.82. The van der Waals surface area contributed by atoms with Crippen LogP contribution in [0.5, 0.6) is 5.88 Å². The molecule has 10 nitrogen and oxygen atoms in total. The predicted molar refractivity (Wildman–Crippen MR) is 147 cm³/mol. The van der Waals surface area contributed by atoms with Crippen molar-refractivity contribution >= 4 is 34.3 Å². The first kappa shape index (κ1) is 24.6. The first-order valence-corrected chi connectivity index (χ1v) is 12.5. The molecule has 2 aliphatic rings. The number of carbonyl (C=O) groups is 1. The zero-order valence-electron chi connectivity index (χ0n) is 21.6. The summed E-state index contributed by atoms with van der Waals surface area (Å²) in [4.78, 5) is 37.6. The van der Waals surface area contributed by atoms with Gasteiger partial charge in [-0.2, -0.15) is 0 Å². The molecule has 3 aromatic rings. The molecule has 1 aromatic carbocycles. The van der Waals surface area contributed by atoms with Crippen molar-refractivity contribution in [2.75, 3.05) is 60.6 Å².